The molecular weight excluding hydrogens is 262 g/mol. The number of furan rings is 1. The Morgan fingerprint density at radius 2 is 1.90 bits per heavy atom. The zero-order valence-corrected chi connectivity index (χ0v) is 13.4. The first-order chi connectivity index (χ1) is 10.1. The third-order valence-corrected chi connectivity index (χ3v) is 3.67. The second-order valence-corrected chi connectivity index (χ2v) is 5.90. The van der Waals surface area contributed by atoms with E-state index in [-0.39, 0.29) is 6.04 Å². The summed E-state index contributed by atoms with van der Waals surface area (Å²) in [6, 6.07) is 10.0. The Labute approximate surface area is 127 Å². The van der Waals surface area contributed by atoms with Gasteiger partial charge in [-0.1, -0.05) is 25.1 Å². The van der Waals surface area contributed by atoms with Crippen molar-refractivity contribution >= 4 is 11.0 Å². The number of fused-ring (bicyclic) bond motifs is 1. The zero-order chi connectivity index (χ0) is 15.2. The molecule has 116 valence electrons. The quantitative estimate of drug-likeness (QED) is 0.811. The standard InChI is InChI=1S/C17H27N3O/c1-4-9-20(11-10-19(2)3)13-15(18)17-12-14-7-5-6-8-16(14)21-17/h5-8,12,15H,4,9-11,13,18H2,1-3H3. The first-order valence-corrected chi connectivity index (χ1v) is 7.71. The van der Waals surface area contributed by atoms with Gasteiger partial charge in [0.05, 0.1) is 6.04 Å². The number of nitrogens with zero attached hydrogens (tertiary/aromatic N) is 2. The Kier molecular flexibility index (Phi) is 5.79. The minimum Gasteiger partial charge on any atom is -0.459 e. The average molecular weight is 289 g/mol. The highest BCUT2D eigenvalue weighted by Crippen LogP contribution is 2.23. The van der Waals surface area contributed by atoms with Crippen LogP contribution in [0, 0.1) is 0 Å². The fourth-order valence-electron chi connectivity index (χ4n) is 2.51. The number of likely N-dealkylation sites (N-methyl/N-ethyl adjacent to an activating group) is 1. The molecule has 2 N–H and O–H groups in total. The summed E-state index contributed by atoms with van der Waals surface area (Å²) >= 11 is 0. The summed E-state index contributed by atoms with van der Waals surface area (Å²) in [5.41, 5.74) is 7.26. The van der Waals surface area contributed by atoms with Gasteiger partial charge in [-0.3, -0.25) is 0 Å². The molecule has 0 spiro atoms. The molecule has 1 unspecified atom stereocenters. The lowest BCUT2D eigenvalue weighted by Gasteiger charge is -2.25. The summed E-state index contributed by atoms with van der Waals surface area (Å²) in [7, 11) is 4.20. The molecule has 0 aliphatic rings. The number of hydrogen-bond donors (Lipinski definition) is 1. The molecule has 0 fully saturated rings. The van der Waals surface area contributed by atoms with Gasteiger partial charge in [-0.05, 0) is 39.2 Å². The summed E-state index contributed by atoms with van der Waals surface area (Å²) in [4.78, 5) is 4.62. The molecule has 4 nitrogen and oxygen atoms in total. The van der Waals surface area contributed by atoms with Crippen LogP contribution in [-0.2, 0) is 0 Å². The van der Waals surface area contributed by atoms with Crippen molar-refractivity contribution in [3.8, 4) is 0 Å². The monoisotopic (exact) mass is 289 g/mol. The Balaban J connectivity index is 2.01. The summed E-state index contributed by atoms with van der Waals surface area (Å²) in [5.74, 6) is 0.877. The Hall–Kier alpha value is -1.36. The SMILES string of the molecule is CCCN(CCN(C)C)CC(N)c1cc2ccccc2o1. The summed E-state index contributed by atoms with van der Waals surface area (Å²) in [6.07, 6.45) is 1.14. The van der Waals surface area contributed by atoms with Crippen LogP contribution in [0.1, 0.15) is 25.1 Å². The molecule has 0 bridgehead atoms. The van der Waals surface area contributed by atoms with E-state index in [0.717, 1.165) is 49.3 Å². The van der Waals surface area contributed by atoms with Gasteiger partial charge in [-0.15, -0.1) is 0 Å². The molecule has 0 saturated heterocycles. The third kappa shape index (κ3) is 4.56. The summed E-state index contributed by atoms with van der Waals surface area (Å²) in [6.45, 7) is 6.19. The van der Waals surface area contributed by atoms with Crippen LogP contribution in [-0.4, -0.2) is 50.1 Å². The van der Waals surface area contributed by atoms with Gasteiger partial charge in [0.25, 0.3) is 0 Å². The molecule has 0 amide bonds. The molecule has 1 aromatic heterocycles. The molecule has 2 rings (SSSR count). The van der Waals surface area contributed by atoms with Crippen LogP contribution in [0.5, 0.6) is 0 Å². The number of para-hydroxylation sites is 1. The van der Waals surface area contributed by atoms with Gasteiger partial charge in [-0.25, -0.2) is 0 Å². The molecule has 0 saturated carbocycles. The number of nitrogens with two attached hydrogens (primary N) is 1. The van der Waals surface area contributed by atoms with Crippen molar-refractivity contribution in [1.29, 1.82) is 0 Å². The van der Waals surface area contributed by atoms with Gasteiger partial charge in [0.1, 0.15) is 11.3 Å². The second kappa shape index (κ2) is 7.59. The van der Waals surface area contributed by atoms with Crippen LogP contribution in [0.15, 0.2) is 34.7 Å². The molecule has 0 aliphatic carbocycles. The van der Waals surface area contributed by atoms with Crippen molar-refractivity contribution in [2.45, 2.75) is 19.4 Å². The van der Waals surface area contributed by atoms with Gasteiger partial charge in [-0.2, -0.15) is 0 Å². The lowest BCUT2D eigenvalue weighted by molar-refractivity contribution is 0.223. The average Bonchev–Trinajstić information content (AvgIpc) is 2.89. The van der Waals surface area contributed by atoms with Gasteiger partial charge in [0.15, 0.2) is 0 Å². The third-order valence-electron chi connectivity index (χ3n) is 3.67. The maximum Gasteiger partial charge on any atom is 0.134 e. The largest absolute Gasteiger partial charge is 0.459 e. The Morgan fingerprint density at radius 3 is 2.57 bits per heavy atom. The molecule has 4 heteroatoms. The maximum absolute atomic E-state index is 6.35. The number of benzene rings is 1. The lowest BCUT2D eigenvalue weighted by Crippen LogP contribution is -2.37. The molecular formula is C17H27N3O. The first kappa shape index (κ1) is 16.0. The van der Waals surface area contributed by atoms with E-state index >= 15 is 0 Å². The van der Waals surface area contributed by atoms with E-state index in [9.17, 15) is 0 Å². The van der Waals surface area contributed by atoms with E-state index < -0.39 is 0 Å². The lowest BCUT2D eigenvalue weighted by atomic mass is 10.2. The van der Waals surface area contributed by atoms with E-state index in [1.807, 2.05) is 18.2 Å². The number of rotatable bonds is 8. The minimum absolute atomic E-state index is 0.0777. The Morgan fingerprint density at radius 1 is 1.14 bits per heavy atom. The summed E-state index contributed by atoms with van der Waals surface area (Å²) in [5, 5.41) is 1.12. The highest BCUT2D eigenvalue weighted by Gasteiger charge is 2.16. The van der Waals surface area contributed by atoms with Crippen molar-refractivity contribution in [2.24, 2.45) is 5.73 Å². The maximum atomic E-state index is 6.35. The van der Waals surface area contributed by atoms with Crippen molar-refractivity contribution < 1.29 is 4.42 Å². The molecule has 1 heterocycles. The molecule has 1 atom stereocenters. The van der Waals surface area contributed by atoms with Crippen LogP contribution in [0.4, 0.5) is 0 Å². The van der Waals surface area contributed by atoms with Crippen molar-refractivity contribution in [3.63, 3.8) is 0 Å². The van der Waals surface area contributed by atoms with Gasteiger partial charge >= 0.3 is 0 Å². The molecule has 1 aromatic carbocycles. The fourth-order valence-corrected chi connectivity index (χ4v) is 2.51. The first-order valence-electron chi connectivity index (χ1n) is 7.71. The van der Waals surface area contributed by atoms with Crippen LogP contribution in [0.2, 0.25) is 0 Å². The highest BCUT2D eigenvalue weighted by molar-refractivity contribution is 5.77. The zero-order valence-electron chi connectivity index (χ0n) is 13.4. The van der Waals surface area contributed by atoms with Gasteiger partial charge < -0.3 is 20.0 Å². The van der Waals surface area contributed by atoms with E-state index in [1.165, 1.54) is 0 Å². The molecule has 2 aromatic rings. The van der Waals surface area contributed by atoms with E-state index in [0.29, 0.717) is 0 Å². The van der Waals surface area contributed by atoms with Gasteiger partial charge in [0, 0.05) is 25.0 Å². The highest BCUT2D eigenvalue weighted by atomic mass is 16.3. The van der Waals surface area contributed by atoms with E-state index in [4.69, 9.17) is 10.2 Å². The topological polar surface area (TPSA) is 45.6 Å². The van der Waals surface area contributed by atoms with Crippen molar-refractivity contribution in [3.05, 3.63) is 36.1 Å². The summed E-state index contributed by atoms with van der Waals surface area (Å²) < 4.78 is 5.87. The van der Waals surface area contributed by atoms with Crippen LogP contribution in [0.3, 0.4) is 0 Å². The van der Waals surface area contributed by atoms with Crippen molar-refractivity contribution in [1.82, 2.24) is 9.80 Å². The molecule has 0 radical (unpaired) electrons. The van der Waals surface area contributed by atoms with E-state index in [2.05, 4.69) is 43.0 Å². The smallest absolute Gasteiger partial charge is 0.134 e. The van der Waals surface area contributed by atoms with Crippen LogP contribution >= 0.6 is 0 Å². The predicted molar refractivity (Wildman–Crippen MR) is 88.4 cm³/mol. The normalized spacial score (nSPS) is 13.4. The minimum atomic E-state index is -0.0777. The Bertz CT molecular complexity index is 517. The fraction of sp³-hybridized carbons (Fsp3) is 0.529. The van der Waals surface area contributed by atoms with E-state index in [1.54, 1.807) is 0 Å². The van der Waals surface area contributed by atoms with Gasteiger partial charge in [0.2, 0.25) is 0 Å². The molecule has 21 heavy (non-hydrogen) atoms. The predicted octanol–water partition coefficient (Wildman–Crippen LogP) is 2.71. The van der Waals surface area contributed by atoms with Crippen LogP contribution < -0.4 is 5.73 Å². The molecule has 0 aliphatic heterocycles. The second-order valence-electron chi connectivity index (χ2n) is 5.90. The number of hydrogen-bond acceptors (Lipinski definition) is 4. The van der Waals surface area contributed by atoms with Crippen molar-refractivity contribution in [2.75, 3.05) is 40.3 Å². The van der Waals surface area contributed by atoms with Crippen LogP contribution in [0.25, 0.3) is 11.0 Å².